The van der Waals surface area contributed by atoms with E-state index < -0.39 is 0 Å². The molecule has 1 unspecified atom stereocenters. The van der Waals surface area contributed by atoms with E-state index in [1.807, 2.05) is 0 Å². The van der Waals surface area contributed by atoms with E-state index in [0.29, 0.717) is 6.10 Å². The van der Waals surface area contributed by atoms with Crippen LogP contribution >= 0.6 is 0 Å². The Bertz CT molecular complexity index is 342. The minimum absolute atomic E-state index is 0.435. The molecule has 0 amide bonds. The first-order chi connectivity index (χ1) is 9.38. The third-order valence-corrected chi connectivity index (χ3v) is 3.58. The van der Waals surface area contributed by atoms with Gasteiger partial charge in [-0.2, -0.15) is 0 Å². The van der Waals surface area contributed by atoms with Gasteiger partial charge in [0.25, 0.3) is 0 Å². The summed E-state index contributed by atoms with van der Waals surface area (Å²) >= 11 is 0. The molecule has 0 radical (unpaired) electrons. The molecule has 1 aliphatic rings. The fourth-order valence-electron chi connectivity index (χ4n) is 2.54. The number of ether oxygens (including phenoxy) is 1. The van der Waals surface area contributed by atoms with Gasteiger partial charge >= 0.3 is 0 Å². The van der Waals surface area contributed by atoms with Crippen LogP contribution in [0.15, 0.2) is 30.3 Å². The molecular formula is C16H26N2O. The fraction of sp³-hybridized carbons (Fsp3) is 0.625. The van der Waals surface area contributed by atoms with Crippen LogP contribution in [0.25, 0.3) is 0 Å². The monoisotopic (exact) mass is 262 g/mol. The van der Waals surface area contributed by atoms with Gasteiger partial charge in [0, 0.05) is 26.2 Å². The normalized spacial score (nSPS) is 19.9. The average Bonchev–Trinajstić information content (AvgIpc) is 2.87. The SMILES string of the molecule is CCNCCCOC1CCN(Cc2ccccc2)C1. The van der Waals surface area contributed by atoms with Crippen LogP contribution in [0.3, 0.4) is 0 Å². The largest absolute Gasteiger partial charge is 0.377 e. The van der Waals surface area contributed by atoms with Gasteiger partial charge in [-0.1, -0.05) is 37.3 Å². The molecule has 0 aliphatic carbocycles. The van der Waals surface area contributed by atoms with Crippen molar-refractivity contribution in [1.29, 1.82) is 0 Å². The second kappa shape index (κ2) is 8.31. The van der Waals surface area contributed by atoms with Gasteiger partial charge in [0.05, 0.1) is 6.10 Å². The number of nitrogens with one attached hydrogen (secondary N) is 1. The third kappa shape index (κ3) is 5.31. The Balaban J connectivity index is 1.60. The van der Waals surface area contributed by atoms with E-state index >= 15 is 0 Å². The maximum atomic E-state index is 5.94. The maximum Gasteiger partial charge on any atom is 0.0714 e. The Morgan fingerprint density at radius 2 is 2.16 bits per heavy atom. The van der Waals surface area contributed by atoms with Crippen LogP contribution in [0.4, 0.5) is 0 Å². The molecule has 106 valence electrons. The lowest BCUT2D eigenvalue weighted by Gasteiger charge is -2.16. The molecule has 3 nitrogen and oxygen atoms in total. The van der Waals surface area contributed by atoms with E-state index in [0.717, 1.165) is 45.8 Å². The molecule has 3 heteroatoms. The molecule has 1 aromatic carbocycles. The van der Waals surface area contributed by atoms with Gasteiger partial charge in [-0.05, 0) is 31.5 Å². The number of benzene rings is 1. The van der Waals surface area contributed by atoms with Crippen LogP contribution in [-0.2, 0) is 11.3 Å². The quantitative estimate of drug-likeness (QED) is 0.727. The lowest BCUT2D eigenvalue weighted by Crippen LogP contribution is -2.24. The third-order valence-electron chi connectivity index (χ3n) is 3.58. The van der Waals surface area contributed by atoms with Gasteiger partial charge in [-0.3, -0.25) is 4.90 Å². The predicted octanol–water partition coefficient (Wildman–Crippen LogP) is 2.28. The first-order valence-electron chi connectivity index (χ1n) is 7.47. The summed E-state index contributed by atoms with van der Waals surface area (Å²) in [4.78, 5) is 2.49. The number of hydrogen-bond acceptors (Lipinski definition) is 3. The van der Waals surface area contributed by atoms with Gasteiger partial charge in [0.2, 0.25) is 0 Å². The fourth-order valence-corrected chi connectivity index (χ4v) is 2.54. The van der Waals surface area contributed by atoms with Gasteiger partial charge in [0.1, 0.15) is 0 Å². The topological polar surface area (TPSA) is 24.5 Å². The average molecular weight is 262 g/mol. The highest BCUT2D eigenvalue weighted by atomic mass is 16.5. The van der Waals surface area contributed by atoms with E-state index in [1.165, 1.54) is 12.0 Å². The summed E-state index contributed by atoms with van der Waals surface area (Å²) in [5.74, 6) is 0. The van der Waals surface area contributed by atoms with Gasteiger partial charge in [-0.15, -0.1) is 0 Å². The molecular weight excluding hydrogens is 236 g/mol. The van der Waals surface area contributed by atoms with Gasteiger partial charge in [-0.25, -0.2) is 0 Å². The van der Waals surface area contributed by atoms with Crippen molar-refractivity contribution in [2.75, 3.05) is 32.8 Å². The number of hydrogen-bond donors (Lipinski definition) is 1. The van der Waals surface area contributed by atoms with Crippen molar-refractivity contribution in [2.45, 2.75) is 32.4 Å². The molecule has 1 N–H and O–H groups in total. The van der Waals surface area contributed by atoms with E-state index in [9.17, 15) is 0 Å². The second-order valence-corrected chi connectivity index (χ2v) is 5.21. The summed E-state index contributed by atoms with van der Waals surface area (Å²) in [5, 5.41) is 3.32. The van der Waals surface area contributed by atoms with Crippen LogP contribution in [-0.4, -0.2) is 43.8 Å². The number of likely N-dealkylation sites (tertiary alicyclic amines) is 1. The highest BCUT2D eigenvalue weighted by Gasteiger charge is 2.22. The van der Waals surface area contributed by atoms with E-state index in [1.54, 1.807) is 0 Å². The molecule has 1 saturated heterocycles. The van der Waals surface area contributed by atoms with Crippen LogP contribution in [0, 0.1) is 0 Å². The molecule has 0 spiro atoms. The highest BCUT2D eigenvalue weighted by molar-refractivity contribution is 5.14. The van der Waals surface area contributed by atoms with Crippen molar-refractivity contribution < 1.29 is 4.74 Å². The minimum Gasteiger partial charge on any atom is -0.377 e. The Kier molecular flexibility index (Phi) is 6.34. The zero-order valence-corrected chi connectivity index (χ0v) is 12.0. The zero-order chi connectivity index (χ0) is 13.3. The molecule has 0 saturated carbocycles. The molecule has 19 heavy (non-hydrogen) atoms. The summed E-state index contributed by atoms with van der Waals surface area (Å²) in [7, 11) is 0. The molecule has 2 rings (SSSR count). The summed E-state index contributed by atoms with van der Waals surface area (Å²) in [5.41, 5.74) is 1.40. The molecule has 0 aromatic heterocycles. The van der Waals surface area contributed by atoms with Crippen LogP contribution in [0.5, 0.6) is 0 Å². The summed E-state index contributed by atoms with van der Waals surface area (Å²) in [6, 6.07) is 10.7. The second-order valence-electron chi connectivity index (χ2n) is 5.21. The molecule has 1 heterocycles. The minimum atomic E-state index is 0.435. The number of nitrogens with zero attached hydrogens (tertiary/aromatic N) is 1. The van der Waals surface area contributed by atoms with E-state index in [2.05, 4.69) is 47.5 Å². The molecule has 1 aliphatic heterocycles. The summed E-state index contributed by atoms with van der Waals surface area (Å²) < 4.78 is 5.94. The Morgan fingerprint density at radius 1 is 1.32 bits per heavy atom. The molecule has 1 aromatic rings. The summed E-state index contributed by atoms with van der Waals surface area (Å²) in [6.07, 6.45) is 2.72. The van der Waals surface area contributed by atoms with Gasteiger partial charge in [0.15, 0.2) is 0 Å². The van der Waals surface area contributed by atoms with E-state index in [4.69, 9.17) is 4.74 Å². The lowest BCUT2D eigenvalue weighted by atomic mass is 10.2. The summed E-state index contributed by atoms with van der Waals surface area (Å²) in [6.45, 7) is 8.43. The predicted molar refractivity (Wildman–Crippen MR) is 79.2 cm³/mol. The first kappa shape index (κ1) is 14.5. The van der Waals surface area contributed by atoms with Crippen LogP contribution in [0.1, 0.15) is 25.3 Å². The smallest absolute Gasteiger partial charge is 0.0714 e. The van der Waals surface area contributed by atoms with Gasteiger partial charge < -0.3 is 10.1 Å². The van der Waals surface area contributed by atoms with Crippen molar-refractivity contribution in [3.8, 4) is 0 Å². The Hall–Kier alpha value is -0.900. The maximum absolute atomic E-state index is 5.94. The molecule has 1 atom stereocenters. The van der Waals surface area contributed by atoms with Crippen molar-refractivity contribution in [3.63, 3.8) is 0 Å². The Labute approximate surface area is 116 Å². The van der Waals surface area contributed by atoms with Crippen LogP contribution in [0.2, 0.25) is 0 Å². The van der Waals surface area contributed by atoms with Crippen molar-refractivity contribution in [2.24, 2.45) is 0 Å². The molecule has 0 bridgehead atoms. The standard InChI is InChI=1S/C16H26N2O/c1-2-17-10-6-12-19-16-9-11-18(14-16)13-15-7-4-3-5-8-15/h3-5,7-8,16-17H,2,6,9-14H2,1H3. The van der Waals surface area contributed by atoms with Crippen molar-refractivity contribution in [3.05, 3.63) is 35.9 Å². The lowest BCUT2D eigenvalue weighted by molar-refractivity contribution is 0.0571. The Morgan fingerprint density at radius 3 is 2.95 bits per heavy atom. The van der Waals surface area contributed by atoms with Crippen molar-refractivity contribution in [1.82, 2.24) is 10.2 Å². The van der Waals surface area contributed by atoms with Crippen LogP contribution < -0.4 is 5.32 Å². The van der Waals surface area contributed by atoms with E-state index in [-0.39, 0.29) is 0 Å². The highest BCUT2D eigenvalue weighted by Crippen LogP contribution is 2.15. The first-order valence-corrected chi connectivity index (χ1v) is 7.47. The molecule has 1 fully saturated rings. The van der Waals surface area contributed by atoms with Crippen molar-refractivity contribution >= 4 is 0 Å². The number of rotatable bonds is 8. The zero-order valence-electron chi connectivity index (χ0n) is 12.0.